The van der Waals surface area contributed by atoms with Crippen LogP contribution in [0.15, 0.2) is 43.0 Å². The fourth-order valence-electron chi connectivity index (χ4n) is 3.62. The molecule has 0 N–H and O–H groups in total. The number of rotatable bonds is 6. The van der Waals surface area contributed by atoms with E-state index >= 15 is 0 Å². The highest BCUT2D eigenvalue weighted by atomic mass is 16.8. The summed E-state index contributed by atoms with van der Waals surface area (Å²) in [5.41, 5.74) is 0.988. The molecule has 3 aliphatic heterocycles. The van der Waals surface area contributed by atoms with Crippen molar-refractivity contribution in [2.45, 2.75) is 49.8 Å². The highest BCUT2D eigenvalue weighted by Crippen LogP contribution is 2.37. The summed E-state index contributed by atoms with van der Waals surface area (Å²) in [5, 5.41) is 0. The Morgan fingerprint density at radius 2 is 1.81 bits per heavy atom. The van der Waals surface area contributed by atoms with Gasteiger partial charge in [-0.1, -0.05) is 36.4 Å². The van der Waals surface area contributed by atoms with Crippen molar-refractivity contribution in [3.05, 3.63) is 48.6 Å². The van der Waals surface area contributed by atoms with Crippen molar-refractivity contribution >= 4 is 0 Å². The van der Waals surface area contributed by atoms with E-state index in [1.807, 2.05) is 36.4 Å². The summed E-state index contributed by atoms with van der Waals surface area (Å²) in [6.07, 6.45) is 1.83. The molecule has 142 valence electrons. The van der Waals surface area contributed by atoms with Crippen LogP contribution in [0, 0.1) is 0 Å². The Morgan fingerprint density at radius 1 is 1.00 bits per heavy atom. The first-order chi connectivity index (χ1) is 12.9. The smallest absolute Gasteiger partial charge is 0.186 e. The number of allylic oxidation sites excluding steroid dienone is 1. The lowest BCUT2D eigenvalue weighted by atomic mass is 9.96. The third-order valence-corrected chi connectivity index (χ3v) is 4.89. The van der Waals surface area contributed by atoms with E-state index in [-0.39, 0.29) is 24.4 Å². The summed E-state index contributed by atoms with van der Waals surface area (Å²) in [4.78, 5) is 0. The molecule has 6 nitrogen and oxygen atoms in total. The number of hydrogen-bond acceptors (Lipinski definition) is 6. The summed E-state index contributed by atoms with van der Waals surface area (Å²) in [5.74, 6) is 0. The molecule has 0 saturated carbocycles. The number of fused-ring (bicyclic) bond motifs is 3. The van der Waals surface area contributed by atoms with Gasteiger partial charge in [0, 0.05) is 5.56 Å². The van der Waals surface area contributed by atoms with Crippen molar-refractivity contribution < 1.29 is 28.4 Å². The fraction of sp³-hybridized carbons (Fsp3) is 0.600. The molecular weight excluding hydrogens is 336 g/mol. The molecule has 3 aliphatic rings. The Morgan fingerprint density at radius 3 is 2.62 bits per heavy atom. The summed E-state index contributed by atoms with van der Waals surface area (Å²) in [7, 11) is 0. The lowest BCUT2D eigenvalue weighted by Gasteiger charge is -2.50. The second kappa shape index (κ2) is 8.61. The van der Waals surface area contributed by atoms with Gasteiger partial charge in [0.2, 0.25) is 0 Å². The molecule has 1 unspecified atom stereocenters. The molecule has 3 heterocycles. The first-order valence-corrected chi connectivity index (χ1v) is 9.30. The molecule has 1 aromatic rings. The van der Waals surface area contributed by atoms with Crippen LogP contribution in [0.3, 0.4) is 0 Å². The third kappa shape index (κ3) is 3.86. The maximum Gasteiger partial charge on any atom is 0.186 e. The van der Waals surface area contributed by atoms with Crippen molar-refractivity contribution in [1.29, 1.82) is 0 Å². The van der Waals surface area contributed by atoms with Gasteiger partial charge in [0.1, 0.15) is 24.4 Å². The van der Waals surface area contributed by atoms with Crippen LogP contribution in [0.1, 0.15) is 24.7 Å². The Labute approximate surface area is 154 Å². The van der Waals surface area contributed by atoms with Crippen LogP contribution < -0.4 is 0 Å². The monoisotopic (exact) mass is 362 g/mol. The largest absolute Gasteiger partial charge is 0.370 e. The molecule has 0 spiro atoms. The van der Waals surface area contributed by atoms with Gasteiger partial charge >= 0.3 is 0 Å². The van der Waals surface area contributed by atoms with E-state index in [4.69, 9.17) is 28.4 Å². The number of hydrogen-bond donors (Lipinski definition) is 0. The van der Waals surface area contributed by atoms with Crippen LogP contribution in [0.4, 0.5) is 0 Å². The molecule has 0 amide bonds. The standard InChI is InChI=1S/C20H26O6/c1-2-3-7-10-23-20-18-17(21-11-12-22-18)16-15(25-20)13-24-19(26-16)14-8-5-4-6-9-14/h2,4-6,8-9,15-20H,1,3,7,10-13H2/t15-,16-,17+,18-,19?,20-/m1/s1. The molecule has 0 radical (unpaired) electrons. The lowest BCUT2D eigenvalue weighted by molar-refractivity contribution is -0.381. The SMILES string of the molecule is C=CCCCO[C@@H]1O[C@@H]2COC(c3ccccc3)O[C@H]2[C@@H]2OCCO[C@@H]12. The molecule has 3 saturated heterocycles. The number of benzene rings is 1. The normalized spacial score (nSPS) is 36.8. The van der Waals surface area contributed by atoms with Crippen LogP contribution in [0.2, 0.25) is 0 Å². The van der Waals surface area contributed by atoms with Crippen LogP contribution in [-0.4, -0.2) is 57.1 Å². The second-order valence-electron chi connectivity index (χ2n) is 6.69. The van der Waals surface area contributed by atoms with Crippen molar-refractivity contribution in [2.75, 3.05) is 26.4 Å². The first kappa shape index (κ1) is 18.1. The summed E-state index contributed by atoms with van der Waals surface area (Å²) in [6.45, 7) is 5.84. The summed E-state index contributed by atoms with van der Waals surface area (Å²) in [6, 6.07) is 9.91. The van der Waals surface area contributed by atoms with Crippen LogP contribution >= 0.6 is 0 Å². The van der Waals surface area contributed by atoms with Gasteiger partial charge in [-0.2, -0.15) is 0 Å². The minimum absolute atomic E-state index is 0.220. The van der Waals surface area contributed by atoms with E-state index in [1.165, 1.54) is 0 Å². The first-order valence-electron chi connectivity index (χ1n) is 9.30. The van der Waals surface area contributed by atoms with Gasteiger partial charge in [0.05, 0.1) is 26.4 Å². The zero-order chi connectivity index (χ0) is 17.8. The van der Waals surface area contributed by atoms with E-state index < -0.39 is 12.6 Å². The third-order valence-electron chi connectivity index (χ3n) is 4.89. The maximum atomic E-state index is 6.22. The van der Waals surface area contributed by atoms with Gasteiger partial charge < -0.3 is 28.4 Å². The number of ether oxygens (including phenoxy) is 6. The predicted molar refractivity (Wildman–Crippen MR) is 93.5 cm³/mol. The molecule has 1 aromatic carbocycles. The van der Waals surface area contributed by atoms with Crippen LogP contribution in [0.25, 0.3) is 0 Å². The Hall–Kier alpha value is -1.28. The molecule has 6 heteroatoms. The molecule has 26 heavy (non-hydrogen) atoms. The van der Waals surface area contributed by atoms with Gasteiger partial charge in [-0.3, -0.25) is 0 Å². The molecule has 0 aromatic heterocycles. The Kier molecular flexibility index (Phi) is 5.99. The van der Waals surface area contributed by atoms with Crippen molar-refractivity contribution in [3.63, 3.8) is 0 Å². The Bertz CT molecular complexity index is 579. The average Bonchev–Trinajstić information content (AvgIpc) is 2.71. The molecule has 4 rings (SSSR count). The fourth-order valence-corrected chi connectivity index (χ4v) is 3.62. The van der Waals surface area contributed by atoms with E-state index in [1.54, 1.807) is 0 Å². The Balaban J connectivity index is 1.44. The summed E-state index contributed by atoms with van der Waals surface area (Å²) < 4.78 is 36.1. The van der Waals surface area contributed by atoms with Crippen molar-refractivity contribution in [2.24, 2.45) is 0 Å². The van der Waals surface area contributed by atoms with Gasteiger partial charge in [-0.15, -0.1) is 6.58 Å². The van der Waals surface area contributed by atoms with Crippen molar-refractivity contribution in [3.8, 4) is 0 Å². The van der Waals surface area contributed by atoms with Gasteiger partial charge in [0.25, 0.3) is 0 Å². The van der Waals surface area contributed by atoms with E-state index in [2.05, 4.69) is 6.58 Å². The molecule has 0 bridgehead atoms. The summed E-state index contributed by atoms with van der Waals surface area (Å²) >= 11 is 0. The van der Waals surface area contributed by atoms with Crippen LogP contribution in [-0.2, 0) is 28.4 Å². The zero-order valence-electron chi connectivity index (χ0n) is 14.8. The quantitative estimate of drug-likeness (QED) is 0.573. The minimum Gasteiger partial charge on any atom is -0.370 e. The second-order valence-corrected chi connectivity index (χ2v) is 6.69. The maximum absolute atomic E-state index is 6.22. The molecular formula is C20H26O6. The molecule has 6 atom stereocenters. The van der Waals surface area contributed by atoms with Gasteiger partial charge in [-0.25, -0.2) is 0 Å². The van der Waals surface area contributed by atoms with E-state index in [0.717, 1.165) is 18.4 Å². The lowest BCUT2D eigenvalue weighted by Crippen LogP contribution is -2.65. The zero-order valence-corrected chi connectivity index (χ0v) is 14.8. The minimum atomic E-state index is -0.466. The van der Waals surface area contributed by atoms with Gasteiger partial charge in [0.15, 0.2) is 12.6 Å². The topological polar surface area (TPSA) is 55.4 Å². The average molecular weight is 362 g/mol. The van der Waals surface area contributed by atoms with E-state index in [9.17, 15) is 0 Å². The van der Waals surface area contributed by atoms with Crippen LogP contribution in [0.5, 0.6) is 0 Å². The molecule has 3 fully saturated rings. The number of unbranched alkanes of at least 4 members (excludes halogenated alkanes) is 1. The predicted octanol–water partition coefficient (Wildman–Crippen LogP) is 2.59. The molecule has 0 aliphatic carbocycles. The highest BCUT2D eigenvalue weighted by molar-refractivity contribution is 5.16. The van der Waals surface area contributed by atoms with Gasteiger partial charge in [-0.05, 0) is 12.8 Å². The van der Waals surface area contributed by atoms with E-state index in [0.29, 0.717) is 26.4 Å². The highest BCUT2D eigenvalue weighted by Gasteiger charge is 2.52. The van der Waals surface area contributed by atoms with Crippen molar-refractivity contribution in [1.82, 2.24) is 0 Å².